The predicted molar refractivity (Wildman–Crippen MR) is 159 cm³/mol. The van der Waals surface area contributed by atoms with Gasteiger partial charge in [0.15, 0.2) is 0 Å². The largest absolute Gasteiger partial charge is 0.330 e. The second-order valence-corrected chi connectivity index (χ2v) is 11.7. The van der Waals surface area contributed by atoms with Crippen LogP contribution in [0.1, 0.15) is 114 Å². The molecule has 0 amide bonds. The SMILES string of the molecule is CCCCCCCCc1nccn1Cc1cc(Br)c(Cn2ccnc2CCCCCCCC)cc1Br. The maximum absolute atomic E-state index is 4.65. The third kappa shape index (κ3) is 9.48. The Labute approximate surface area is 235 Å². The number of benzene rings is 1. The molecule has 0 bridgehead atoms. The molecule has 198 valence electrons. The van der Waals surface area contributed by atoms with Gasteiger partial charge in [0.25, 0.3) is 0 Å². The van der Waals surface area contributed by atoms with Gasteiger partial charge in [0.2, 0.25) is 0 Å². The zero-order chi connectivity index (χ0) is 25.6. The van der Waals surface area contributed by atoms with Gasteiger partial charge in [0, 0.05) is 59.7 Å². The molecule has 0 unspecified atom stereocenters. The molecule has 0 fully saturated rings. The van der Waals surface area contributed by atoms with E-state index in [2.05, 4.69) is 89.3 Å². The van der Waals surface area contributed by atoms with Crippen LogP contribution in [-0.4, -0.2) is 19.1 Å². The lowest BCUT2D eigenvalue weighted by atomic mass is 10.1. The van der Waals surface area contributed by atoms with Crippen LogP contribution in [0.15, 0.2) is 45.9 Å². The van der Waals surface area contributed by atoms with Crippen molar-refractivity contribution in [3.8, 4) is 0 Å². The highest BCUT2D eigenvalue weighted by Crippen LogP contribution is 2.28. The molecule has 0 saturated heterocycles. The summed E-state index contributed by atoms with van der Waals surface area (Å²) < 4.78 is 6.90. The highest BCUT2D eigenvalue weighted by molar-refractivity contribution is 9.11. The van der Waals surface area contributed by atoms with E-state index in [0.717, 1.165) is 34.9 Å². The summed E-state index contributed by atoms with van der Waals surface area (Å²) in [6, 6.07) is 4.52. The lowest BCUT2D eigenvalue weighted by Gasteiger charge is -2.14. The van der Waals surface area contributed by atoms with E-state index >= 15 is 0 Å². The highest BCUT2D eigenvalue weighted by atomic mass is 79.9. The molecule has 0 spiro atoms. The first-order chi connectivity index (χ1) is 17.6. The molecule has 3 rings (SSSR count). The summed E-state index contributed by atoms with van der Waals surface area (Å²) in [5, 5.41) is 0. The summed E-state index contributed by atoms with van der Waals surface area (Å²) in [5.74, 6) is 2.38. The third-order valence-electron chi connectivity index (χ3n) is 7.01. The van der Waals surface area contributed by atoms with Crippen molar-refractivity contribution in [3.05, 3.63) is 68.6 Å². The number of aromatic nitrogens is 4. The van der Waals surface area contributed by atoms with Crippen molar-refractivity contribution in [1.29, 1.82) is 0 Å². The molecule has 6 heteroatoms. The number of nitrogens with zero attached hydrogens (tertiary/aromatic N) is 4. The van der Waals surface area contributed by atoms with Gasteiger partial charge in [0.1, 0.15) is 11.6 Å². The molecule has 0 atom stereocenters. The molecule has 3 aromatic rings. The van der Waals surface area contributed by atoms with Crippen LogP contribution in [-0.2, 0) is 25.9 Å². The summed E-state index contributed by atoms with van der Waals surface area (Å²) in [6.07, 6.45) is 26.0. The van der Waals surface area contributed by atoms with Gasteiger partial charge in [-0.25, -0.2) is 9.97 Å². The Morgan fingerprint density at radius 3 is 1.39 bits per heavy atom. The quantitative estimate of drug-likeness (QED) is 0.133. The fourth-order valence-corrected chi connectivity index (χ4v) is 5.82. The highest BCUT2D eigenvalue weighted by Gasteiger charge is 2.12. The fraction of sp³-hybridized carbons (Fsp3) is 0.600. The molecular formula is C30H44Br2N4. The van der Waals surface area contributed by atoms with Crippen molar-refractivity contribution in [2.45, 2.75) is 117 Å². The Hall–Kier alpha value is -1.40. The summed E-state index contributed by atoms with van der Waals surface area (Å²) in [7, 11) is 0. The smallest absolute Gasteiger partial charge is 0.108 e. The Balaban J connectivity index is 1.55. The van der Waals surface area contributed by atoms with Crippen LogP contribution in [0, 0.1) is 0 Å². The van der Waals surface area contributed by atoms with Crippen molar-refractivity contribution in [1.82, 2.24) is 19.1 Å². The first-order valence-electron chi connectivity index (χ1n) is 14.1. The number of hydrogen-bond acceptors (Lipinski definition) is 2. The van der Waals surface area contributed by atoms with E-state index in [4.69, 9.17) is 0 Å². The minimum absolute atomic E-state index is 0.832. The average molecular weight is 621 g/mol. The number of imidazole rings is 2. The lowest BCUT2D eigenvalue weighted by Crippen LogP contribution is -2.08. The Morgan fingerprint density at radius 2 is 0.972 bits per heavy atom. The van der Waals surface area contributed by atoms with E-state index in [1.807, 2.05) is 12.4 Å². The summed E-state index contributed by atoms with van der Waals surface area (Å²) >= 11 is 7.71. The molecule has 1 aromatic carbocycles. The van der Waals surface area contributed by atoms with Crippen molar-refractivity contribution in [2.24, 2.45) is 0 Å². The van der Waals surface area contributed by atoms with Gasteiger partial charge in [0.05, 0.1) is 0 Å². The monoisotopic (exact) mass is 618 g/mol. The van der Waals surface area contributed by atoms with Crippen LogP contribution in [0.3, 0.4) is 0 Å². The molecule has 36 heavy (non-hydrogen) atoms. The van der Waals surface area contributed by atoms with Crippen molar-refractivity contribution in [2.75, 3.05) is 0 Å². The van der Waals surface area contributed by atoms with E-state index in [1.165, 1.54) is 99.8 Å². The normalized spacial score (nSPS) is 11.4. The topological polar surface area (TPSA) is 35.6 Å². The van der Waals surface area contributed by atoms with Gasteiger partial charge >= 0.3 is 0 Å². The lowest BCUT2D eigenvalue weighted by molar-refractivity contribution is 0.589. The fourth-order valence-electron chi connectivity index (χ4n) is 4.79. The molecular weight excluding hydrogens is 576 g/mol. The van der Waals surface area contributed by atoms with E-state index in [9.17, 15) is 0 Å². The Morgan fingerprint density at radius 1 is 0.583 bits per heavy atom. The van der Waals surface area contributed by atoms with Crippen molar-refractivity contribution >= 4 is 31.9 Å². The molecule has 0 saturated carbocycles. The summed E-state index contributed by atoms with van der Waals surface area (Å²) in [4.78, 5) is 9.29. The number of unbranched alkanes of at least 4 members (excludes halogenated alkanes) is 10. The minimum atomic E-state index is 0.832. The van der Waals surface area contributed by atoms with Gasteiger partial charge in [-0.15, -0.1) is 0 Å². The standard InChI is InChI=1S/C30H44Br2N4/c1-3-5-7-9-11-13-15-29-33-17-19-35(29)23-25-21-28(32)26(22-27(25)31)24-36-20-18-34-30(36)16-14-12-10-8-6-4-2/h17-22H,3-16,23-24H2,1-2H3. The van der Waals surface area contributed by atoms with E-state index in [0.29, 0.717) is 0 Å². The van der Waals surface area contributed by atoms with Crippen LogP contribution in [0.5, 0.6) is 0 Å². The van der Waals surface area contributed by atoms with Crippen molar-refractivity contribution in [3.63, 3.8) is 0 Å². The minimum Gasteiger partial charge on any atom is -0.330 e. The molecule has 0 aliphatic carbocycles. The number of hydrogen-bond donors (Lipinski definition) is 0. The predicted octanol–water partition coefficient (Wildman–Crippen LogP) is 9.51. The Bertz CT molecular complexity index is 942. The molecule has 0 N–H and O–H groups in total. The maximum Gasteiger partial charge on any atom is 0.108 e. The van der Waals surface area contributed by atoms with Crippen molar-refractivity contribution < 1.29 is 0 Å². The van der Waals surface area contributed by atoms with Crippen LogP contribution in [0.4, 0.5) is 0 Å². The van der Waals surface area contributed by atoms with Crippen LogP contribution in [0.2, 0.25) is 0 Å². The first-order valence-corrected chi connectivity index (χ1v) is 15.7. The maximum atomic E-state index is 4.65. The van der Waals surface area contributed by atoms with E-state index in [1.54, 1.807) is 0 Å². The Kier molecular flexibility index (Phi) is 13.3. The van der Waals surface area contributed by atoms with Gasteiger partial charge < -0.3 is 9.13 Å². The molecule has 0 radical (unpaired) electrons. The van der Waals surface area contributed by atoms with E-state index in [-0.39, 0.29) is 0 Å². The second kappa shape index (κ2) is 16.4. The van der Waals surface area contributed by atoms with E-state index < -0.39 is 0 Å². The number of rotatable bonds is 18. The molecule has 4 nitrogen and oxygen atoms in total. The van der Waals surface area contributed by atoms with Gasteiger partial charge in [-0.05, 0) is 36.1 Å². The van der Waals surface area contributed by atoms with Crippen LogP contribution >= 0.6 is 31.9 Å². The first kappa shape index (κ1) is 29.2. The molecule has 0 aliphatic heterocycles. The average Bonchev–Trinajstić information content (AvgIpc) is 3.50. The number of aryl methyl sites for hydroxylation is 2. The molecule has 2 aromatic heterocycles. The zero-order valence-corrected chi connectivity index (χ0v) is 25.5. The molecule has 2 heterocycles. The van der Waals surface area contributed by atoms with Crippen LogP contribution < -0.4 is 0 Å². The van der Waals surface area contributed by atoms with Gasteiger partial charge in [-0.1, -0.05) is 110 Å². The zero-order valence-electron chi connectivity index (χ0n) is 22.3. The summed E-state index contributed by atoms with van der Waals surface area (Å²) in [6.45, 7) is 6.20. The van der Waals surface area contributed by atoms with Gasteiger partial charge in [-0.2, -0.15) is 0 Å². The van der Waals surface area contributed by atoms with Crippen LogP contribution in [0.25, 0.3) is 0 Å². The molecule has 0 aliphatic rings. The third-order valence-corrected chi connectivity index (χ3v) is 8.48. The van der Waals surface area contributed by atoms with Gasteiger partial charge in [-0.3, -0.25) is 0 Å². The second-order valence-electron chi connectivity index (χ2n) is 10.0. The summed E-state index contributed by atoms with van der Waals surface area (Å²) in [5.41, 5.74) is 2.54. The number of halogens is 2.